The first-order valence-electron chi connectivity index (χ1n) is 6.91. The summed E-state index contributed by atoms with van der Waals surface area (Å²) >= 11 is 1.64. The summed E-state index contributed by atoms with van der Waals surface area (Å²) < 4.78 is 1.05. The molecule has 1 aromatic carbocycles. The summed E-state index contributed by atoms with van der Waals surface area (Å²) in [5.74, 6) is 0.396. The Morgan fingerprint density at radius 2 is 2.14 bits per heavy atom. The molecular weight excluding hydrogens is 286 g/mol. The predicted octanol–water partition coefficient (Wildman–Crippen LogP) is 3.31. The summed E-state index contributed by atoms with van der Waals surface area (Å²) in [5, 5.41) is 15.7. The van der Waals surface area contributed by atoms with Crippen LogP contribution in [0.1, 0.15) is 38.6 Å². The second-order valence-electron chi connectivity index (χ2n) is 6.01. The molecule has 114 valence electrons. The summed E-state index contributed by atoms with van der Waals surface area (Å²) in [4.78, 5) is 16.5. The molecule has 0 spiro atoms. The van der Waals surface area contributed by atoms with Gasteiger partial charge in [0, 0.05) is 11.6 Å². The molecule has 0 unspecified atom stereocenters. The number of rotatable bonds is 4. The zero-order chi connectivity index (χ0) is 15.6. The quantitative estimate of drug-likeness (QED) is 0.811. The summed E-state index contributed by atoms with van der Waals surface area (Å²) in [7, 11) is 0. The van der Waals surface area contributed by atoms with Crippen LogP contribution in [0.2, 0.25) is 0 Å². The lowest BCUT2D eigenvalue weighted by atomic mass is 10.1. The topological polar surface area (TPSA) is 74.2 Å². The number of aliphatic hydroxyl groups is 1. The monoisotopic (exact) mass is 307 g/mol. The van der Waals surface area contributed by atoms with E-state index < -0.39 is 5.54 Å². The smallest absolute Gasteiger partial charge is 0.319 e. The van der Waals surface area contributed by atoms with E-state index in [1.54, 1.807) is 25.2 Å². The molecule has 2 amide bonds. The number of carbonyl (C=O) groups excluding carboxylic acids is 1. The third-order valence-electron chi connectivity index (χ3n) is 3.00. The van der Waals surface area contributed by atoms with Gasteiger partial charge in [-0.2, -0.15) is 0 Å². The lowest BCUT2D eigenvalue weighted by Crippen LogP contribution is -2.48. The van der Waals surface area contributed by atoms with Crippen molar-refractivity contribution in [3.05, 3.63) is 23.2 Å². The number of hydrogen-bond donors (Lipinski definition) is 3. The van der Waals surface area contributed by atoms with Crippen molar-refractivity contribution in [1.29, 1.82) is 0 Å². The number of benzene rings is 1. The van der Waals surface area contributed by atoms with E-state index in [4.69, 9.17) is 5.11 Å². The second kappa shape index (κ2) is 5.99. The van der Waals surface area contributed by atoms with Gasteiger partial charge in [-0.3, -0.25) is 0 Å². The van der Waals surface area contributed by atoms with Gasteiger partial charge in [-0.1, -0.05) is 13.8 Å². The van der Waals surface area contributed by atoms with Crippen LogP contribution in [0.25, 0.3) is 10.2 Å². The van der Waals surface area contributed by atoms with Crippen molar-refractivity contribution in [2.75, 3.05) is 11.9 Å². The highest BCUT2D eigenvalue weighted by atomic mass is 32.1. The van der Waals surface area contributed by atoms with E-state index in [1.165, 1.54) is 0 Å². The standard InChI is InChI=1S/C15H21N3O2S/c1-9(2)13-17-11-6-5-10(7-12(11)21-13)16-14(20)18-15(3,4)8-19/h5-7,9,19H,8H2,1-4H3,(H2,16,18,20). The van der Waals surface area contributed by atoms with Gasteiger partial charge in [0.05, 0.1) is 27.4 Å². The van der Waals surface area contributed by atoms with E-state index in [1.807, 2.05) is 18.2 Å². The predicted molar refractivity (Wildman–Crippen MR) is 87.0 cm³/mol. The molecule has 0 aliphatic rings. The van der Waals surface area contributed by atoms with Crippen LogP contribution in [0.3, 0.4) is 0 Å². The largest absolute Gasteiger partial charge is 0.394 e. The molecule has 1 heterocycles. The lowest BCUT2D eigenvalue weighted by Gasteiger charge is -2.23. The van der Waals surface area contributed by atoms with Crippen molar-refractivity contribution >= 4 is 33.3 Å². The third-order valence-corrected chi connectivity index (χ3v) is 4.32. The number of aliphatic hydroxyl groups excluding tert-OH is 1. The van der Waals surface area contributed by atoms with E-state index in [2.05, 4.69) is 29.5 Å². The Hall–Kier alpha value is -1.66. The number of aromatic nitrogens is 1. The zero-order valence-electron chi connectivity index (χ0n) is 12.7. The Morgan fingerprint density at radius 1 is 1.43 bits per heavy atom. The average molecular weight is 307 g/mol. The highest BCUT2D eigenvalue weighted by Crippen LogP contribution is 2.29. The van der Waals surface area contributed by atoms with Gasteiger partial charge in [0.15, 0.2) is 0 Å². The number of carbonyl (C=O) groups is 1. The zero-order valence-corrected chi connectivity index (χ0v) is 13.5. The molecular formula is C15H21N3O2S. The molecule has 6 heteroatoms. The SMILES string of the molecule is CC(C)c1nc2ccc(NC(=O)NC(C)(C)CO)cc2s1. The molecule has 0 aliphatic heterocycles. The third kappa shape index (κ3) is 3.92. The number of thiazole rings is 1. The molecule has 1 aromatic heterocycles. The van der Waals surface area contributed by atoms with Crippen LogP contribution in [-0.2, 0) is 0 Å². The fraction of sp³-hybridized carbons (Fsp3) is 0.467. The first kappa shape index (κ1) is 15.7. The van der Waals surface area contributed by atoms with Gasteiger partial charge in [0.2, 0.25) is 0 Å². The molecule has 0 aliphatic carbocycles. The second-order valence-corrected chi connectivity index (χ2v) is 7.07. The molecule has 0 fully saturated rings. The highest BCUT2D eigenvalue weighted by Gasteiger charge is 2.19. The van der Waals surface area contributed by atoms with Crippen molar-refractivity contribution in [1.82, 2.24) is 10.3 Å². The minimum atomic E-state index is -0.649. The Kier molecular flexibility index (Phi) is 4.49. The molecule has 0 saturated carbocycles. The molecule has 2 aromatic rings. The van der Waals surface area contributed by atoms with Crippen molar-refractivity contribution in [3.8, 4) is 0 Å². The van der Waals surface area contributed by atoms with Gasteiger partial charge in [-0.15, -0.1) is 11.3 Å². The van der Waals surface area contributed by atoms with Crippen LogP contribution < -0.4 is 10.6 Å². The molecule has 5 nitrogen and oxygen atoms in total. The molecule has 0 saturated heterocycles. The van der Waals surface area contributed by atoms with E-state index in [0.717, 1.165) is 15.2 Å². The number of nitrogens with zero attached hydrogens (tertiary/aromatic N) is 1. The van der Waals surface area contributed by atoms with Crippen molar-refractivity contribution in [2.24, 2.45) is 0 Å². The maximum Gasteiger partial charge on any atom is 0.319 e. The Labute approximate surface area is 128 Å². The molecule has 0 atom stereocenters. The maximum absolute atomic E-state index is 11.9. The van der Waals surface area contributed by atoms with Crippen LogP contribution in [0, 0.1) is 0 Å². The van der Waals surface area contributed by atoms with Gasteiger partial charge < -0.3 is 15.7 Å². The Balaban J connectivity index is 2.14. The van der Waals surface area contributed by atoms with Gasteiger partial charge >= 0.3 is 6.03 Å². The van der Waals surface area contributed by atoms with Crippen molar-refractivity contribution < 1.29 is 9.90 Å². The Bertz CT molecular complexity index is 649. The van der Waals surface area contributed by atoms with Gasteiger partial charge in [-0.05, 0) is 32.0 Å². The molecule has 21 heavy (non-hydrogen) atoms. The van der Waals surface area contributed by atoms with E-state index >= 15 is 0 Å². The van der Waals surface area contributed by atoms with Crippen LogP contribution in [0.15, 0.2) is 18.2 Å². The molecule has 0 radical (unpaired) electrons. The average Bonchev–Trinajstić information content (AvgIpc) is 2.81. The minimum absolute atomic E-state index is 0.119. The molecule has 3 N–H and O–H groups in total. The molecule has 2 rings (SSSR count). The number of fused-ring (bicyclic) bond motifs is 1. The minimum Gasteiger partial charge on any atom is -0.394 e. The fourth-order valence-corrected chi connectivity index (χ4v) is 2.79. The first-order valence-corrected chi connectivity index (χ1v) is 7.73. The summed E-state index contributed by atoms with van der Waals surface area (Å²) in [5.41, 5.74) is 1.02. The van der Waals surface area contributed by atoms with Crippen molar-refractivity contribution in [2.45, 2.75) is 39.2 Å². The van der Waals surface area contributed by atoms with Crippen LogP contribution >= 0.6 is 11.3 Å². The number of hydrogen-bond acceptors (Lipinski definition) is 4. The van der Waals surface area contributed by atoms with E-state index in [-0.39, 0.29) is 12.6 Å². The summed E-state index contributed by atoms with van der Waals surface area (Å²) in [6.07, 6.45) is 0. The molecule has 0 bridgehead atoms. The number of nitrogens with one attached hydrogen (secondary N) is 2. The number of anilines is 1. The van der Waals surface area contributed by atoms with Crippen LogP contribution in [0.5, 0.6) is 0 Å². The first-order chi connectivity index (χ1) is 9.80. The van der Waals surface area contributed by atoms with Crippen LogP contribution in [0.4, 0.5) is 10.5 Å². The van der Waals surface area contributed by atoms with Gasteiger partial charge in [0.25, 0.3) is 0 Å². The van der Waals surface area contributed by atoms with Crippen molar-refractivity contribution in [3.63, 3.8) is 0 Å². The fourth-order valence-electron chi connectivity index (χ4n) is 1.78. The summed E-state index contributed by atoms with van der Waals surface area (Å²) in [6, 6.07) is 5.33. The van der Waals surface area contributed by atoms with Gasteiger partial charge in [0.1, 0.15) is 0 Å². The maximum atomic E-state index is 11.9. The highest BCUT2D eigenvalue weighted by molar-refractivity contribution is 7.18. The normalized spacial score (nSPS) is 11.9. The number of amides is 2. The van der Waals surface area contributed by atoms with E-state index in [9.17, 15) is 4.79 Å². The Morgan fingerprint density at radius 3 is 2.76 bits per heavy atom. The van der Waals surface area contributed by atoms with E-state index in [0.29, 0.717) is 11.6 Å². The number of urea groups is 1. The lowest BCUT2D eigenvalue weighted by molar-refractivity contribution is 0.187. The summed E-state index contributed by atoms with van der Waals surface area (Å²) in [6.45, 7) is 7.62. The van der Waals surface area contributed by atoms with Crippen LogP contribution in [-0.4, -0.2) is 28.3 Å². The van der Waals surface area contributed by atoms with Gasteiger partial charge in [-0.25, -0.2) is 9.78 Å².